The van der Waals surface area contributed by atoms with Gasteiger partial charge in [-0.2, -0.15) is 0 Å². The Morgan fingerprint density at radius 1 is 1.31 bits per heavy atom. The first-order valence-corrected chi connectivity index (χ1v) is 4.85. The quantitative estimate of drug-likeness (QED) is 0.678. The average molecular weight is 224 g/mol. The maximum Gasteiger partial charge on any atom is 0.362 e. The number of hydrogen-bond donors (Lipinski definition) is 2. The van der Waals surface area contributed by atoms with Gasteiger partial charge in [-0.15, -0.1) is 0 Å². The van der Waals surface area contributed by atoms with Crippen molar-refractivity contribution in [3.8, 4) is 0 Å². The summed E-state index contributed by atoms with van der Waals surface area (Å²) in [6.07, 6.45) is -0.206. The first kappa shape index (κ1) is 12.2. The summed E-state index contributed by atoms with van der Waals surface area (Å²) in [6.45, 7) is 0.159. The molecule has 0 bridgehead atoms. The smallest absolute Gasteiger partial charge is 0.362 e. The first-order valence-electron chi connectivity index (χ1n) is 4.85. The summed E-state index contributed by atoms with van der Waals surface area (Å²) in [5.41, 5.74) is 4.20. The summed E-state index contributed by atoms with van der Waals surface area (Å²) >= 11 is 0. The van der Waals surface area contributed by atoms with E-state index in [1.54, 1.807) is 0 Å². The molecular formula is C11H14NO4+. The standard InChI is InChI=1S/C11H13NO4/c12-9(11(14)15)6-10(13)16-7-8-4-2-1-3-5-8/h1-5,9H,6-7,12H2,(H,14,15)/p+1. The van der Waals surface area contributed by atoms with Crippen LogP contribution in [-0.2, 0) is 20.9 Å². The Morgan fingerprint density at radius 3 is 2.50 bits per heavy atom. The van der Waals surface area contributed by atoms with Crippen LogP contribution in [0.15, 0.2) is 30.3 Å². The van der Waals surface area contributed by atoms with Crippen molar-refractivity contribution in [2.45, 2.75) is 19.1 Å². The average Bonchev–Trinajstić information content (AvgIpc) is 2.27. The number of rotatable bonds is 5. The van der Waals surface area contributed by atoms with E-state index in [0.29, 0.717) is 0 Å². The Kier molecular flexibility index (Phi) is 4.47. The molecule has 0 aliphatic heterocycles. The molecule has 0 amide bonds. The minimum Gasteiger partial charge on any atom is -0.477 e. The summed E-state index contributed by atoms with van der Waals surface area (Å²) in [7, 11) is 0. The maximum atomic E-state index is 11.2. The van der Waals surface area contributed by atoms with Crippen molar-refractivity contribution in [2.75, 3.05) is 0 Å². The van der Waals surface area contributed by atoms with Gasteiger partial charge in [-0.05, 0) is 5.56 Å². The number of hydrogen-bond acceptors (Lipinski definition) is 3. The Hall–Kier alpha value is -1.88. The Balaban J connectivity index is 2.33. The third-order valence-electron chi connectivity index (χ3n) is 2.00. The van der Waals surface area contributed by atoms with Crippen molar-refractivity contribution in [3.63, 3.8) is 0 Å². The summed E-state index contributed by atoms with van der Waals surface area (Å²) in [4.78, 5) is 21.6. The zero-order valence-electron chi connectivity index (χ0n) is 8.76. The number of carboxylic acid groups (broad SMARTS) is 1. The molecule has 1 aromatic rings. The molecule has 0 aromatic heterocycles. The summed E-state index contributed by atoms with van der Waals surface area (Å²) in [6, 6.07) is 8.23. The van der Waals surface area contributed by atoms with Crippen LogP contribution in [0, 0.1) is 0 Å². The van der Waals surface area contributed by atoms with Crippen LogP contribution in [0.5, 0.6) is 0 Å². The zero-order chi connectivity index (χ0) is 12.0. The number of carboxylic acids is 1. The Bertz CT molecular complexity index is 364. The molecular weight excluding hydrogens is 210 g/mol. The third kappa shape index (κ3) is 4.10. The number of carbonyl (C=O) groups is 2. The highest BCUT2D eigenvalue weighted by atomic mass is 16.5. The van der Waals surface area contributed by atoms with Gasteiger partial charge in [0, 0.05) is 0 Å². The second-order valence-corrected chi connectivity index (χ2v) is 3.39. The minimum absolute atomic E-state index is 0.159. The molecule has 86 valence electrons. The number of benzene rings is 1. The van der Waals surface area contributed by atoms with Gasteiger partial charge in [0.2, 0.25) is 0 Å². The third-order valence-corrected chi connectivity index (χ3v) is 2.00. The highest BCUT2D eigenvalue weighted by Crippen LogP contribution is 2.02. The zero-order valence-corrected chi connectivity index (χ0v) is 8.76. The van der Waals surface area contributed by atoms with Crippen molar-refractivity contribution in [1.82, 2.24) is 0 Å². The second kappa shape index (κ2) is 5.87. The molecule has 4 N–H and O–H groups in total. The highest BCUT2D eigenvalue weighted by molar-refractivity contribution is 5.79. The van der Waals surface area contributed by atoms with Gasteiger partial charge in [-0.25, -0.2) is 4.79 Å². The fraction of sp³-hybridized carbons (Fsp3) is 0.273. The normalized spacial score (nSPS) is 11.8. The highest BCUT2D eigenvalue weighted by Gasteiger charge is 2.20. The number of quaternary nitrogens is 1. The van der Waals surface area contributed by atoms with Gasteiger partial charge >= 0.3 is 11.9 Å². The van der Waals surface area contributed by atoms with E-state index < -0.39 is 18.0 Å². The van der Waals surface area contributed by atoms with Gasteiger partial charge in [-0.1, -0.05) is 30.3 Å². The molecule has 16 heavy (non-hydrogen) atoms. The lowest BCUT2D eigenvalue weighted by atomic mass is 10.2. The molecule has 5 nitrogen and oxygen atoms in total. The van der Waals surface area contributed by atoms with Crippen LogP contribution in [0.1, 0.15) is 12.0 Å². The van der Waals surface area contributed by atoms with Crippen LogP contribution in [0.3, 0.4) is 0 Å². The van der Waals surface area contributed by atoms with E-state index in [2.05, 4.69) is 5.73 Å². The largest absolute Gasteiger partial charge is 0.477 e. The van der Waals surface area contributed by atoms with E-state index in [1.807, 2.05) is 30.3 Å². The lowest BCUT2D eigenvalue weighted by Gasteiger charge is -2.05. The Morgan fingerprint density at radius 2 is 1.94 bits per heavy atom. The second-order valence-electron chi connectivity index (χ2n) is 3.39. The first-order chi connectivity index (χ1) is 7.59. The van der Waals surface area contributed by atoms with E-state index in [0.717, 1.165) is 5.56 Å². The molecule has 0 radical (unpaired) electrons. The summed E-state index contributed by atoms with van der Waals surface area (Å²) < 4.78 is 4.91. The van der Waals surface area contributed by atoms with Crippen molar-refractivity contribution in [1.29, 1.82) is 0 Å². The van der Waals surface area contributed by atoms with Crippen molar-refractivity contribution < 1.29 is 25.2 Å². The molecule has 1 unspecified atom stereocenters. The van der Waals surface area contributed by atoms with E-state index in [-0.39, 0.29) is 13.0 Å². The molecule has 1 atom stereocenters. The predicted octanol–water partition coefficient (Wildman–Crippen LogP) is -0.185. The van der Waals surface area contributed by atoms with Gasteiger partial charge in [-0.3, -0.25) is 4.79 Å². The molecule has 0 heterocycles. The summed E-state index contributed by atoms with van der Waals surface area (Å²) in [5.74, 6) is -1.65. The molecule has 0 saturated heterocycles. The van der Waals surface area contributed by atoms with Crippen molar-refractivity contribution >= 4 is 11.9 Å². The van der Waals surface area contributed by atoms with Crippen molar-refractivity contribution in [2.24, 2.45) is 0 Å². The van der Waals surface area contributed by atoms with Gasteiger partial charge in [0.25, 0.3) is 0 Å². The topological polar surface area (TPSA) is 91.2 Å². The molecule has 5 heteroatoms. The molecule has 0 aliphatic carbocycles. The number of aliphatic carboxylic acids is 1. The number of esters is 1. The molecule has 0 saturated carbocycles. The molecule has 0 spiro atoms. The lowest BCUT2D eigenvalue weighted by Crippen LogP contribution is -2.65. The SMILES string of the molecule is [NH3+]C(CC(=O)OCc1ccccc1)C(=O)O. The predicted molar refractivity (Wildman–Crippen MR) is 55.2 cm³/mol. The fourth-order valence-corrected chi connectivity index (χ4v) is 1.09. The van der Waals surface area contributed by atoms with E-state index in [4.69, 9.17) is 9.84 Å². The van der Waals surface area contributed by atoms with Crippen LogP contribution in [0.4, 0.5) is 0 Å². The monoisotopic (exact) mass is 224 g/mol. The minimum atomic E-state index is -1.10. The van der Waals surface area contributed by atoms with Gasteiger partial charge in [0.1, 0.15) is 13.0 Å². The molecule has 1 rings (SSSR count). The maximum absolute atomic E-state index is 11.2. The van der Waals surface area contributed by atoms with Gasteiger partial charge in [0.05, 0.1) is 0 Å². The van der Waals surface area contributed by atoms with E-state index in [9.17, 15) is 9.59 Å². The molecule has 0 fully saturated rings. The van der Waals surface area contributed by atoms with Gasteiger partial charge in [0.15, 0.2) is 6.04 Å². The number of ether oxygens (including phenoxy) is 1. The lowest BCUT2D eigenvalue weighted by molar-refractivity contribution is -0.407. The van der Waals surface area contributed by atoms with Crippen LogP contribution in [0.25, 0.3) is 0 Å². The van der Waals surface area contributed by atoms with E-state index in [1.165, 1.54) is 0 Å². The Labute approximate surface area is 92.8 Å². The summed E-state index contributed by atoms with van der Waals surface area (Å²) in [5, 5.41) is 8.55. The van der Waals surface area contributed by atoms with Gasteiger partial charge < -0.3 is 15.6 Å². The van der Waals surface area contributed by atoms with E-state index >= 15 is 0 Å². The van der Waals surface area contributed by atoms with Crippen LogP contribution in [0.2, 0.25) is 0 Å². The van der Waals surface area contributed by atoms with Crippen LogP contribution in [-0.4, -0.2) is 23.1 Å². The van der Waals surface area contributed by atoms with Crippen LogP contribution < -0.4 is 5.73 Å². The van der Waals surface area contributed by atoms with Crippen molar-refractivity contribution in [3.05, 3.63) is 35.9 Å². The fourth-order valence-electron chi connectivity index (χ4n) is 1.09. The number of carbonyl (C=O) groups excluding carboxylic acids is 1. The molecule has 1 aromatic carbocycles. The molecule has 0 aliphatic rings. The van der Waals surface area contributed by atoms with Crippen LogP contribution >= 0.6 is 0 Å².